The molecule has 2 unspecified atom stereocenters. The summed E-state index contributed by atoms with van der Waals surface area (Å²) >= 11 is 0. The lowest BCUT2D eigenvalue weighted by molar-refractivity contribution is -0.136. The number of carbonyl (C=O) groups excluding carboxylic acids is 3. The van der Waals surface area contributed by atoms with E-state index in [1.165, 1.54) is 24.2 Å². The molecule has 4 aliphatic rings. The Labute approximate surface area is 226 Å². The van der Waals surface area contributed by atoms with E-state index in [0.717, 1.165) is 24.3 Å². The predicted octanol–water partition coefficient (Wildman–Crippen LogP) is 3.97. The number of nitrogens with zero attached hydrogens (tertiary/aromatic N) is 3. The number of hydrogen-bond acceptors (Lipinski definition) is 6. The maximum absolute atomic E-state index is 13.8. The number of hydrogen-bond donors (Lipinski definition) is 0. The summed E-state index contributed by atoms with van der Waals surface area (Å²) in [5.74, 6) is 3.34. The number of Topliss-reactive ketones (excluding diaryl/α,β-unsaturated/α-hetero) is 1. The van der Waals surface area contributed by atoms with Crippen LogP contribution in [0.15, 0.2) is 24.3 Å². The first-order chi connectivity index (χ1) is 18.3. The Morgan fingerprint density at radius 1 is 1.03 bits per heavy atom. The predicted molar refractivity (Wildman–Crippen MR) is 144 cm³/mol. The largest absolute Gasteiger partial charge is 0.497 e. The topological polar surface area (TPSA) is 79.4 Å². The minimum absolute atomic E-state index is 0.137. The summed E-state index contributed by atoms with van der Waals surface area (Å²) < 4.78 is 10.6. The van der Waals surface area contributed by atoms with Crippen molar-refractivity contribution < 1.29 is 23.9 Å². The molecular weight excluding hydrogens is 482 g/mol. The van der Waals surface area contributed by atoms with Gasteiger partial charge in [-0.25, -0.2) is 4.79 Å². The third-order valence-electron chi connectivity index (χ3n) is 9.51. The molecule has 2 heterocycles. The third kappa shape index (κ3) is 5.34. The Bertz CT molecular complexity index is 1020. The fraction of sp³-hybridized carbons (Fsp3) is 0.700. The van der Waals surface area contributed by atoms with Crippen LogP contribution in [0.3, 0.4) is 0 Å². The zero-order chi connectivity index (χ0) is 26.9. The lowest BCUT2D eigenvalue weighted by atomic mass is 9.64. The van der Waals surface area contributed by atoms with Crippen LogP contribution in [-0.4, -0.2) is 85.0 Å². The monoisotopic (exact) mass is 525 g/mol. The van der Waals surface area contributed by atoms with Crippen molar-refractivity contribution >= 4 is 17.7 Å². The van der Waals surface area contributed by atoms with Crippen molar-refractivity contribution in [3.05, 3.63) is 29.8 Å². The Morgan fingerprint density at radius 2 is 1.74 bits per heavy atom. The molecule has 1 aromatic rings. The van der Waals surface area contributed by atoms with E-state index in [4.69, 9.17) is 9.47 Å². The minimum Gasteiger partial charge on any atom is -0.497 e. The van der Waals surface area contributed by atoms with Crippen LogP contribution < -0.4 is 4.74 Å². The Hall–Kier alpha value is -2.45. The molecule has 5 rings (SSSR count). The van der Waals surface area contributed by atoms with Crippen LogP contribution in [0.4, 0.5) is 4.79 Å². The summed E-state index contributed by atoms with van der Waals surface area (Å²) in [5.41, 5.74) is -0.0177. The molecule has 1 spiro atoms. The molecule has 2 bridgehead atoms. The molecule has 1 aromatic carbocycles. The molecule has 8 heteroatoms. The highest BCUT2D eigenvalue weighted by Gasteiger charge is 2.57. The van der Waals surface area contributed by atoms with Crippen LogP contribution in [0.1, 0.15) is 57.4 Å². The Morgan fingerprint density at radius 3 is 2.39 bits per heavy atom. The number of carbonyl (C=O) groups is 3. The van der Waals surface area contributed by atoms with E-state index in [-0.39, 0.29) is 24.4 Å². The van der Waals surface area contributed by atoms with Gasteiger partial charge in [0.1, 0.15) is 17.1 Å². The first-order valence-electron chi connectivity index (χ1n) is 14.3. The maximum Gasteiger partial charge on any atom is 0.328 e. The van der Waals surface area contributed by atoms with E-state index in [0.29, 0.717) is 69.0 Å². The van der Waals surface area contributed by atoms with Crippen molar-refractivity contribution in [1.29, 1.82) is 0 Å². The number of methoxy groups -OCH3 is 2. The molecule has 2 aliphatic heterocycles. The standard InChI is InChI=1S/C30H43N3O5/c1-21-13-23-15-24(14-21)17-25(16-23)27(34)20-31-9-7-30(8-10-31)28(35)32(29(36)33(30)11-12-37-2)19-22-5-4-6-26(18-22)38-3/h4-6,18,21,23-25H,7-17,19-20H2,1-3H3. The summed E-state index contributed by atoms with van der Waals surface area (Å²) in [7, 11) is 3.21. The number of benzene rings is 1. The molecule has 38 heavy (non-hydrogen) atoms. The molecular formula is C30H43N3O5. The van der Waals surface area contributed by atoms with Gasteiger partial charge in [-0.3, -0.25) is 19.4 Å². The van der Waals surface area contributed by atoms with Crippen molar-refractivity contribution in [2.45, 2.75) is 64.0 Å². The molecule has 4 fully saturated rings. The first-order valence-corrected chi connectivity index (χ1v) is 14.3. The van der Waals surface area contributed by atoms with Crippen molar-refractivity contribution in [3.63, 3.8) is 0 Å². The van der Waals surface area contributed by atoms with Crippen LogP contribution in [0.5, 0.6) is 5.75 Å². The number of imide groups is 1. The smallest absolute Gasteiger partial charge is 0.328 e. The lowest BCUT2D eigenvalue weighted by Gasteiger charge is -2.43. The van der Waals surface area contributed by atoms with E-state index in [1.54, 1.807) is 19.1 Å². The summed E-state index contributed by atoms with van der Waals surface area (Å²) in [6, 6.07) is 7.22. The van der Waals surface area contributed by atoms with Gasteiger partial charge in [-0.1, -0.05) is 19.1 Å². The number of fused-ring (bicyclic) bond motifs is 2. The van der Waals surface area contributed by atoms with E-state index in [2.05, 4.69) is 11.8 Å². The Balaban J connectivity index is 1.24. The van der Waals surface area contributed by atoms with E-state index < -0.39 is 5.54 Å². The van der Waals surface area contributed by atoms with Crippen molar-refractivity contribution in [2.75, 3.05) is 47.0 Å². The van der Waals surface area contributed by atoms with Crippen molar-refractivity contribution in [2.24, 2.45) is 23.7 Å². The fourth-order valence-electron chi connectivity index (χ4n) is 7.73. The molecule has 2 saturated carbocycles. The molecule has 208 valence electrons. The normalized spacial score (nSPS) is 29.2. The molecule has 0 N–H and O–H groups in total. The van der Waals surface area contributed by atoms with Gasteiger partial charge in [0.15, 0.2) is 0 Å². The first kappa shape index (κ1) is 27.1. The molecule has 8 nitrogen and oxygen atoms in total. The van der Waals surface area contributed by atoms with Gasteiger partial charge in [-0.15, -0.1) is 0 Å². The van der Waals surface area contributed by atoms with Gasteiger partial charge in [0.2, 0.25) is 0 Å². The van der Waals surface area contributed by atoms with Gasteiger partial charge in [0.05, 0.1) is 26.8 Å². The lowest BCUT2D eigenvalue weighted by Crippen LogP contribution is -2.57. The number of amides is 3. The van der Waals surface area contributed by atoms with Gasteiger partial charge >= 0.3 is 6.03 Å². The van der Waals surface area contributed by atoms with Crippen LogP contribution in [0.25, 0.3) is 0 Å². The van der Waals surface area contributed by atoms with Crippen LogP contribution in [0, 0.1) is 23.7 Å². The second kappa shape index (κ2) is 11.3. The van der Waals surface area contributed by atoms with E-state index in [9.17, 15) is 14.4 Å². The Kier molecular flexibility index (Phi) is 8.10. The summed E-state index contributed by atoms with van der Waals surface area (Å²) in [4.78, 5) is 46.0. The van der Waals surface area contributed by atoms with Crippen molar-refractivity contribution in [3.8, 4) is 5.75 Å². The fourth-order valence-corrected chi connectivity index (χ4v) is 7.73. The van der Waals surface area contributed by atoms with E-state index >= 15 is 0 Å². The molecule has 2 saturated heterocycles. The average molecular weight is 526 g/mol. The van der Waals surface area contributed by atoms with E-state index in [1.807, 2.05) is 24.3 Å². The van der Waals surface area contributed by atoms with Crippen LogP contribution >= 0.6 is 0 Å². The second-order valence-corrected chi connectivity index (χ2v) is 12.2. The van der Waals surface area contributed by atoms with Crippen LogP contribution in [0.2, 0.25) is 0 Å². The van der Waals surface area contributed by atoms with Crippen molar-refractivity contribution in [1.82, 2.24) is 14.7 Å². The summed E-state index contributed by atoms with van der Waals surface area (Å²) in [5, 5.41) is 0. The SMILES string of the molecule is COCCN1C(=O)N(Cc2cccc(OC)c2)C(=O)C12CCN(CC(=O)C1CC3CC(C)CC(C3)C1)CC2. The maximum atomic E-state index is 13.8. The van der Waals surface area contributed by atoms with Gasteiger partial charge in [0, 0.05) is 32.7 Å². The molecule has 2 atom stereocenters. The summed E-state index contributed by atoms with van der Waals surface area (Å²) in [6.45, 7) is 5.05. The number of ether oxygens (including phenoxy) is 2. The molecule has 3 amide bonds. The van der Waals surface area contributed by atoms with Gasteiger partial charge in [0.25, 0.3) is 5.91 Å². The van der Waals surface area contributed by atoms with Crippen LogP contribution in [-0.2, 0) is 20.9 Å². The van der Waals surface area contributed by atoms with Gasteiger partial charge in [-0.2, -0.15) is 0 Å². The molecule has 2 aliphatic carbocycles. The minimum atomic E-state index is -0.869. The number of ketones is 1. The number of rotatable bonds is 9. The molecule has 0 aromatic heterocycles. The highest BCUT2D eigenvalue weighted by Crippen LogP contribution is 2.45. The van der Waals surface area contributed by atoms with Gasteiger partial charge < -0.3 is 14.4 Å². The third-order valence-corrected chi connectivity index (χ3v) is 9.51. The number of piperidine rings is 1. The highest BCUT2D eigenvalue weighted by molar-refractivity contribution is 6.07. The average Bonchev–Trinajstić information content (AvgIpc) is 3.09. The number of urea groups is 1. The zero-order valence-corrected chi connectivity index (χ0v) is 23.2. The molecule has 0 radical (unpaired) electrons. The van der Waals surface area contributed by atoms with Gasteiger partial charge in [-0.05, 0) is 80.4 Å². The zero-order valence-electron chi connectivity index (χ0n) is 23.2. The number of likely N-dealkylation sites (tertiary alicyclic amines) is 1. The highest BCUT2D eigenvalue weighted by atomic mass is 16.5. The summed E-state index contributed by atoms with van der Waals surface area (Å²) in [6.07, 6.45) is 7.02. The second-order valence-electron chi connectivity index (χ2n) is 12.2. The quantitative estimate of drug-likeness (QED) is 0.454.